The van der Waals surface area contributed by atoms with Gasteiger partial charge in [0.25, 0.3) is 0 Å². The second-order valence-electron chi connectivity index (χ2n) is 5.59. The molecule has 0 bridgehead atoms. The SMILES string of the molecule is CC.CCCC(c1ccccc1C)N(C)C=O.Cc1ccccc1. The van der Waals surface area contributed by atoms with Crippen LogP contribution in [0.4, 0.5) is 0 Å². The molecule has 2 heteroatoms. The molecule has 0 saturated carbocycles. The second kappa shape index (κ2) is 13.4. The van der Waals surface area contributed by atoms with Crippen LogP contribution in [0.5, 0.6) is 0 Å². The zero-order valence-corrected chi connectivity index (χ0v) is 16.1. The van der Waals surface area contributed by atoms with Crippen LogP contribution in [0, 0.1) is 13.8 Å². The van der Waals surface area contributed by atoms with Gasteiger partial charge in [-0.25, -0.2) is 0 Å². The van der Waals surface area contributed by atoms with Gasteiger partial charge in [0.1, 0.15) is 0 Å². The van der Waals surface area contributed by atoms with E-state index in [-0.39, 0.29) is 6.04 Å². The number of carbonyl (C=O) groups is 1. The number of aryl methyl sites for hydroxylation is 2. The van der Waals surface area contributed by atoms with Crippen molar-refractivity contribution in [3.05, 3.63) is 71.3 Å². The third-order valence-electron chi connectivity index (χ3n) is 3.71. The summed E-state index contributed by atoms with van der Waals surface area (Å²) >= 11 is 0. The normalized spacial score (nSPS) is 10.4. The molecule has 1 unspecified atom stereocenters. The van der Waals surface area contributed by atoms with Crippen molar-refractivity contribution in [2.45, 2.75) is 53.5 Å². The van der Waals surface area contributed by atoms with Gasteiger partial charge < -0.3 is 4.90 Å². The monoisotopic (exact) mass is 327 g/mol. The maximum atomic E-state index is 10.8. The molecule has 2 aromatic carbocycles. The van der Waals surface area contributed by atoms with Crippen LogP contribution in [0.3, 0.4) is 0 Å². The van der Waals surface area contributed by atoms with Crippen molar-refractivity contribution in [2.75, 3.05) is 7.05 Å². The Morgan fingerprint density at radius 1 is 0.958 bits per heavy atom. The van der Waals surface area contributed by atoms with E-state index in [2.05, 4.69) is 45.0 Å². The molecule has 0 spiro atoms. The highest BCUT2D eigenvalue weighted by molar-refractivity contribution is 5.48. The molecule has 132 valence electrons. The first-order chi connectivity index (χ1) is 11.6. The fraction of sp³-hybridized carbons (Fsp3) is 0.409. The third-order valence-corrected chi connectivity index (χ3v) is 3.71. The number of benzene rings is 2. The molecule has 0 saturated heterocycles. The van der Waals surface area contributed by atoms with Crippen LogP contribution in [-0.4, -0.2) is 18.4 Å². The molecule has 0 heterocycles. The Morgan fingerprint density at radius 2 is 1.50 bits per heavy atom. The highest BCUT2D eigenvalue weighted by Crippen LogP contribution is 2.25. The van der Waals surface area contributed by atoms with Gasteiger partial charge in [-0.15, -0.1) is 0 Å². The number of carbonyl (C=O) groups excluding carboxylic acids is 1. The lowest BCUT2D eigenvalue weighted by Gasteiger charge is -2.26. The molecule has 2 nitrogen and oxygen atoms in total. The molecule has 0 aliphatic heterocycles. The summed E-state index contributed by atoms with van der Waals surface area (Å²) in [6, 6.07) is 18.7. The number of hydrogen-bond acceptors (Lipinski definition) is 1. The molecule has 2 rings (SSSR count). The molecule has 1 atom stereocenters. The van der Waals surface area contributed by atoms with E-state index >= 15 is 0 Å². The summed E-state index contributed by atoms with van der Waals surface area (Å²) in [7, 11) is 1.85. The van der Waals surface area contributed by atoms with Gasteiger partial charge in [0, 0.05) is 7.05 Å². The summed E-state index contributed by atoms with van der Waals surface area (Å²) < 4.78 is 0. The van der Waals surface area contributed by atoms with Gasteiger partial charge in [0.2, 0.25) is 6.41 Å². The largest absolute Gasteiger partial charge is 0.341 e. The van der Waals surface area contributed by atoms with E-state index < -0.39 is 0 Å². The van der Waals surface area contributed by atoms with Crippen molar-refractivity contribution in [2.24, 2.45) is 0 Å². The molecule has 0 aliphatic rings. The summed E-state index contributed by atoms with van der Waals surface area (Å²) in [5.41, 5.74) is 3.83. The maximum Gasteiger partial charge on any atom is 0.209 e. The van der Waals surface area contributed by atoms with Crippen molar-refractivity contribution in [3.63, 3.8) is 0 Å². The summed E-state index contributed by atoms with van der Waals surface area (Å²) in [4.78, 5) is 12.6. The van der Waals surface area contributed by atoms with Crippen molar-refractivity contribution in [1.29, 1.82) is 0 Å². The highest BCUT2D eigenvalue weighted by Gasteiger charge is 2.15. The van der Waals surface area contributed by atoms with E-state index in [4.69, 9.17) is 0 Å². The molecule has 24 heavy (non-hydrogen) atoms. The number of rotatable bonds is 5. The average molecular weight is 328 g/mol. The van der Waals surface area contributed by atoms with Crippen molar-refractivity contribution in [3.8, 4) is 0 Å². The Hall–Kier alpha value is -2.09. The maximum absolute atomic E-state index is 10.8. The smallest absolute Gasteiger partial charge is 0.209 e. The van der Waals surface area contributed by atoms with Crippen molar-refractivity contribution >= 4 is 6.41 Å². The molecule has 0 fully saturated rings. The predicted molar refractivity (Wildman–Crippen MR) is 105 cm³/mol. The van der Waals surface area contributed by atoms with Crippen molar-refractivity contribution < 1.29 is 4.79 Å². The Balaban J connectivity index is 0.000000488. The van der Waals surface area contributed by atoms with Crippen LogP contribution < -0.4 is 0 Å². The summed E-state index contributed by atoms with van der Waals surface area (Å²) in [5.74, 6) is 0. The molecule has 0 radical (unpaired) electrons. The second-order valence-corrected chi connectivity index (χ2v) is 5.59. The topological polar surface area (TPSA) is 20.3 Å². The molecule has 0 aliphatic carbocycles. The lowest BCUT2D eigenvalue weighted by atomic mass is 9.97. The average Bonchev–Trinajstić information content (AvgIpc) is 2.63. The van der Waals surface area contributed by atoms with Crippen LogP contribution in [0.1, 0.15) is 56.3 Å². The van der Waals surface area contributed by atoms with Crippen LogP contribution in [0.2, 0.25) is 0 Å². The minimum absolute atomic E-state index is 0.216. The molecule has 2 aromatic rings. The predicted octanol–water partition coefficient (Wildman–Crippen LogP) is 5.95. The van der Waals surface area contributed by atoms with Crippen LogP contribution >= 0.6 is 0 Å². The van der Waals surface area contributed by atoms with Crippen molar-refractivity contribution in [1.82, 2.24) is 4.90 Å². The van der Waals surface area contributed by atoms with E-state index in [1.165, 1.54) is 16.7 Å². The number of amides is 1. The van der Waals surface area contributed by atoms with E-state index in [0.717, 1.165) is 19.3 Å². The van der Waals surface area contributed by atoms with Gasteiger partial charge in [0.05, 0.1) is 6.04 Å². The zero-order chi connectivity index (χ0) is 18.4. The van der Waals surface area contributed by atoms with Gasteiger partial charge in [-0.3, -0.25) is 4.79 Å². The molecular formula is C22H33NO. The Bertz CT molecular complexity index is 551. The van der Waals surface area contributed by atoms with Gasteiger partial charge in [-0.2, -0.15) is 0 Å². The third kappa shape index (κ3) is 7.96. The minimum Gasteiger partial charge on any atom is -0.341 e. The van der Waals surface area contributed by atoms with Crippen LogP contribution in [0.15, 0.2) is 54.6 Å². The fourth-order valence-corrected chi connectivity index (χ4v) is 2.42. The number of hydrogen-bond donors (Lipinski definition) is 0. The van der Waals surface area contributed by atoms with Gasteiger partial charge in [-0.1, -0.05) is 87.4 Å². The lowest BCUT2D eigenvalue weighted by molar-refractivity contribution is -0.119. The summed E-state index contributed by atoms with van der Waals surface area (Å²) in [6.07, 6.45) is 3.00. The van der Waals surface area contributed by atoms with Crippen LogP contribution in [-0.2, 0) is 4.79 Å². The van der Waals surface area contributed by atoms with Gasteiger partial charge >= 0.3 is 0 Å². The van der Waals surface area contributed by atoms with Gasteiger partial charge in [-0.05, 0) is 31.4 Å². The Labute approximate surface area is 148 Å². The summed E-state index contributed by atoms with van der Waals surface area (Å²) in [5, 5.41) is 0. The first-order valence-corrected chi connectivity index (χ1v) is 8.84. The van der Waals surface area contributed by atoms with E-state index in [1.807, 2.05) is 51.2 Å². The Kier molecular flexibility index (Phi) is 12.2. The van der Waals surface area contributed by atoms with Gasteiger partial charge in [0.15, 0.2) is 0 Å². The molecule has 0 aromatic heterocycles. The fourth-order valence-electron chi connectivity index (χ4n) is 2.42. The highest BCUT2D eigenvalue weighted by atomic mass is 16.1. The van der Waals surface area contributed by atoms with Crippen LogP contribution in [0.25, 0.3) is 0 Å². The first-order valence-electron chi connectivity index (χ1n) is 8.84. The van der Waals surface area contributed by atoms with E-state index in [0.29, 0.717) is 0 Å². The standard InChI is InChI=1S/C13H19NO.C7H8.C2H6/c1-4-7-13(14(3)10-15)12-9-6-5-8-11(12)2;1-7-5-3-2-4-6-7;1-2/h5-6,8-10,13H,4,7H2,1-3H3;2-6H,1H3;1-2H3. The molecule has 1 amide bonds. The minimum atomic E-state index is 0.216. The first kappa shape index (κ1) is 21.9. The Morgan fingerprint density at radius 3 is 1.92 bits per heavy atom. The molecular weight excluding hydrogens is 294 g/mol. The number of nitrogens with zero attached hydrogens (tertiary/aromatic N) is 1. The summed E-state index contributed by atoms with van der Waals surface area (Å²) in [6.45, 7) is 10.3. The molecule has 0 N–H and O–H groups in total. The van der Waals surface area contributed by atoms with E-state index in [1.54, 1.807) is 4.90 Å². The van der Waals surface area contributed by atoms with E-state index in [9.17, 15) is 4.79 Å². The zero-order valence-electron chi connectivity index (χ0n) is 16.1. The quantitative estimate of drug-likeness (QED) is 0.622. The lowest BCUT2D eigenvalue weighted by Crippen LogP contribution is -2.23.